The summed E-state index contributed by atoms with van der Waals surface area (Å²) in [6, 6.07) is -0.876. The number of hydrogen-bond acceptors (Lipinski definition) is 4. The van der Waals surface area contributed by atoms with Crippen molar-refractivity contribution >= 4 is 29.6 Å². The van der Waals surface area contributed by atoms with Gasteiger partial charge in [-0.3, -0.25) is 20.8 Å². The number of aliphatic imine (C=N–C) groups is 1. The average molecular weight is 184 g/mol. The number of amidine groups is 1. The number of urea groups is 1. The van der Waals surface area contributed by atoms with E-state index in [4.69, 9.17) is 10.5 Å². The van der Waals surface area contributed by atoms with Crippen LogP contribution in [0, 0.1) is 5.41 Å². The van der Waals surface area contributed by atoms with E-state index in [1.54, 1.807) is 5.32 Å². The lowest BCUT2D eigenvalue weighted by Gasteiger charge is -2.13. The first-order valence-electron chi connectivity index (χ1n) is 3.03. The van der Waals surface area contributed by atoms with Crippen molar-refractivity contribution in [2.75, 3.05) is 0 Å². The highest BCUT2D eigenvalue weighted by Crippen LogP contribution is 1.89. The van der Waals surface area contributed by atoms with Crippen LogP contribution < -0.4 is 10.6 Å². The highest BCUT2D eigenvalue weighted by Gasteiger charge is 2.27. The Labute approximate surface area is 71.2 Å². The molecule has 68 valence electrons. The molecule has 0 atom stereocenters. The van der Waals surface area contributed by atoms with Crippen molar-refractivity contribution < 1.29 is 19.5 Å². The fraction of sp³-hybridized carbons (Fsp3) is 0. The summed E-state index contributed by atoms with van der Waals surface area (Å²) in [5.74, 6) is -1.63. The van der Waals surface area contributed by atoms with Gasteiger partial charge in [0, 0.05) is 0 Å². The molecule has 4 N–H and O–H groups in total. The number of rotatable bonds is 0. The average Bonchev–Trinajstić information content (AvgIpc) is 1.96. The molecular formula is C5H4N4O4. The third-order valence-corrected chi connectivity index (χ3v) is 1.12. The molecule has 13 heavy (non-hydrogen) atoms. The van der Waals surface area contributed by atoms with E-state index in [0.717, 1.165) is 0 Å². The highest BCUT2D eigenvalue weighted by molar-refractivity contribution is 6.70. The molecule has 0 bridgehead atoms. The number of nitrogens with zero attached hydrogens (tertiary/aromatic N) is 1. The normalized spacial score (nSPS) is 19.7. The molecule has 1 rings (SSSR count). The minimum Gasteiger partial charge on any atom is -0.463 e. The van der Waals surface area contributed by atoms with Crippen LogP contribution >= 0.6 is 0 Å². The Morgan fingerprint density at radius 2 is 2.00 bits per heavy atom. The third-order valence-electron chi connectivity index (χ3n) is 1.12. The summed E-state index contributed by atoms with van der Waals surface area (Å²) in [7, 11) is 0. The molecule has 8 nitrogen and oxygen atoms in total. The molecule has 0 aromatic heterocycles. The van der Waals surface area contributed by atoms with Crippen LogP contribution in [0.2, 0.25) is 0 Å². The summed E-state index contributed by atoms with van der Waals surface area (Å²) >= 11 is 0. The van der Waals surface area contributed by atoms with Crippen LogP contribution in [0.4, 0.5) is 9.59 Å². The lowest BCUT2D eigenvalue weighted by atomic mass is 10.3. The highest BCUT2D eigenvalue weighted by atomic mass is 16.4. The zero-order valence-electron chi connectivity index (χ0n) is 6.12. The zero-order valence-corrected chi connectivity index (χ0v) is 6.12. The summed E-state index contributed by atoms with van der Waals surface area (Å²) in [4.78, 5) is 34.3. The largest absolute Gasteiger partial charge is 0.463 e. The SMILES string of the molecule is N=C1NC(=O)NC(=O)/C1=N/C(=O)O. The molecule has 0 radical (unpaired) electrons. The molecule has 0 aliphatic carbocycles. The Hall–Kier alpha value is -2.25. The molecule has 0 saturated carbocycles. The summed E-state index contributed by atoms with van der Waals surface area (Å²) in [5, 5.41) is 18.8. The molecule has 1 saturated heterocycles. The predicted molar refractivity (Wildman–Crippen MR) is 39.9 cm³/mol. The van der Waals surface area contributed by atoms with Gasteiger partial charge in [0.15, 0.2) is 11.5 Å². The third kappa shape index (κ3) is 1.86. The van der Waals surface area contributed by atoms with Crippen molar-refractivity contribution in [2.24, 2.45) is 4.99 Å². The maximum atomic E-state index is 10.8. The van der Waals surface area contributed by atoms with Gasteiger partial charge < -0.3 is 5.11 Å². The monoisotopic (exact) mass is 184 g/mol. The van der Waals surface area contributed by atoms with Gasteiger partial charge in [0.25, 0.3) is 5.91 Å². The topological polar surface area (TPSA) is 132 Å². The number of imide groups is 1. The van der Waals surface area contributed by atoms with Gasteiger partial charge in [-0.2, -0.15) is 4.99 Å². The lowest BCUT2D eigenvalue weighted by molar-refractivity contribution is -0.113. The summed E-state index contributed by atoms with van der Waals surface area (Å²) in [6.45, 7) is 0. The van der Waals surface area contributed by atoms with E-state index in [-0.39, 0.29) is 0 Å². The molecule has 4 amide bonds. The van der Waals surface area contributed by atoms with Crippen molar-refractivity contribution in [3.8, 4) is 0 Å². The van der Waals surface area contributed by atoms with Crippen LogP contribution in [-0.4, -0.2) is 34.7 Å². The van der Waals surface area contributed by atoms with Crippen LogP contribution in [0.5, 0.6) is 0 Å². The second kappa shape index (κ2) is 3.01. The Kier molecular flexibility index (Phi) is 2.05. The van der Waals surface area contributed by atoms with E-state index in [9.17, 15) is 14.4 Å². The standard InChI is InChI=1S/C5H4N4O4/c6-2-1(7-5(12)13)3(10)9-4(11)8-2/h(H,12,13)(H3,6,8,9,10,11)/b7-1+. The molecule has 1 aliphatic rings. The first-order valence-corrected chi connectivity index (χ1v) is 3.03. The number of amides is 4. The van der Waals surface area contributed by atoms with Crippen LogP contribution in [0.3, 0.4) is 0 Å². The molecule has 8 heteroatoms. The first kappa shape index (κ1) is 8.84. The molecule has 0 unspecified atom stereocenters. The number of carboxylic acid groups (broad SMARTS) is 1. The molecule has 0 spiro atoms. The van der Waals surface area contributed by atoms with Gasteiger partial charge in [0.05, 0.1) is 0 Å². The van der Waals surface area contributed by atoms with Crippen molar-refractivity contribution in [3.63, 3.8) is 0 Å². The Balaban J connectivity index is 2.98. The Bertz CT molecular complexity index is 322. The van der Waals surface area contributed by atoms with E-state index in [1.165, 1.54) is 0 Å². The minimum absolute atomic E-state index is 0.629. The van der Waals surface area contributed by atoms with E-state index >= 15 is 0 Å². The molecule has 0 aromatic carbocycles. The maximum Gasteiger partial charge on any atom is 0.431 e. The van der Waals surface area contributed by atoms with E-state index in [1.807, 2.05) is 5.32 Å². The summed E-state index contributed by atoms with van der Waals surface area (Å²) < 4.78 is 0. The molecule has 1 aliphatic heterocycles. The minimum atomic E-state index is -1.61. The Morgan fingerprint density at radius 1 is 1.38 bits per heavy atom. The molecule has 1 fully saturated rings. The number of hydrogen-bond donors (Lipinski definition) is 4. The van der Waals surface area contributed by atoms with Gasteiger partial charge >= 0.3 is 12.1 Å². The van der Waals surface area contributed by atoms with Crippen LogP contribution in [0.1, 0.15) is 0 Å². The summed E-state index contributed by atoms with van der Waals surface area (Å²) in [6.07, 6.45) is -1.61. The lowest BCUT2D eigenvalue weighted by Crippen LogP contribution is -2.56. The summed E-state index contributed by atoms with van der Waals surface area (Å²) in [5.41, 5.74) is -0.632. The van der Waals surface area contributed by atoms with Crippen LogP contribution in [-0.2, 0) is 4.79 Å². The zero-order chi connectivity index (χ0) is 10.0. The van der Waals surface area contributed by atoms with Gasteiger partial charge in [-0.15, -0.1) is 0 Å². The van der Waals surface area contributed by atoms with Crippen molar-refractivity contribution in [1.29, 1.82) is 5.41 Å². The van der Waals surface area contributed by atoms with Crippen LogP contribution in [0.25, 0.3) is 0 Å². The molecular weight excluding hydrogens is 180 g/mol. The van der Waals surface area contributed by atoms with E-state index in [0.29, 0.717) is 0 Å². The first-order chi connectivity index (χ1) is 6.00. The second-order valence-corrected chi connectivity index (χ2v) is 2.03. The maximum absolute atomic E-state index is 10.8. The van der Waals surface area contributed by atoms with Crippen molar-refractivity contribution in [3.05, 3.63) is 0 Å². The fourth-order valence-corrected chi connectivity index (χ4v) is 0.682. The van der Waals surface area contributed by atoms with Crippen molar-refractivity contribution in [1.82, 2.24) is 10.6 Å². The van der Waals surface area contributed by atoms with E-state index < -0.39 is 29.6 Å². The van der Waals surface area contributed by atoms with E-state index in [2.05, 4.69) is 4.99 Å². The Morgan fingerprint density at radius 3 is 2.46 bits per heavy atom. The molecule has 1 heterocycles. The number of carbonyl (C=O) groups excluding carboxylic acids is 2. The smallest absolute Gasteiger partial charge is 0.431 e. The quantitative estimate of drug-likeness (QED) is 0.381. The van der Waals surface area contributed by atoms with Gasteiger partial charge in [0.1, 0.15) is 0 Å². The van der Waals surface area contributed by atoms with Crippen LogP contribution in [0.15, 0.2) is 4.99 Å². The fourth-order valence-electron chi connectivity index (χ4n) is 0.682. The molecule has 0 aromatic rings. The van der Waals surface area contributed by atoms with Gasteiger partial charge in [-0.1, -0.05) is 0 Å². The van der Waals surface area contributed by atoms with Gasteiger partial charge in [0.2, 0.25) is 0 Å². The number of nitrogens with one attached hydrogen (secondary N) is 3. The van der Waals surface area contributed by atoms with Gasteiger partial charge in [-0.25, -0.2) is 9.59 Å². The van der Waals surface area contributed by atoms with Gasteiger partial charge in [-0.05, 0) is 0 Å². The number of carbonyl (C=O) groups is 3. The second-order valence-electron chi connectivity index (χ2n) is 2.03. The van der Waals surface area contributed by atoms with Crippen molar-refractivity contribution in [2.45, 2.75) is 0 Å². The predicted octanol–water partition coefficient (Wildman–Crippen LogP) is -1.08.